The molecule has 4 heteroatoms. The minimum absolute atomic E-state index is 0.147. The fraction of sp³-hybridized carbons (Fsp3) is 0.556. The van der Waals surface area contributed by atoms with Crippen molar-refractivity contribution in [3.8, 4) is 0 Å². The molecule has 22 heavy (non-hydrogen) atoms. The third-order valence-electron chi connectivity index (χ3n) is 5.92. The lowest BCUT2D eigenvalue weighted by Gasteiger charge is -2.55. The van der Waals surface area contributed by atoms with Crippen molar-refractivity contribution in [1.82, 2.24) is 0 Å². The molecular weight excluding hydrogens is 276 g/mol. The Bertz CT molecular complexity index is 602. The average molecular weight is 298 g/mol. The van der Waals surface area contributed by atoms with Gasteiger partial charge in [-0.15, -0.1) is 0 Å². The number of hydrogen-bond donors (Lipinski definition) is 2. The number of hydrogen-bond acceptors (Lipinski definition) is 2. The highest BCUT2D eigenvalue weighted by Crippen LogP contribution is 2.60. The van der Waals surface area contributed by atoms with Gasteiger partial charge in [0.05, 0.1) is 5.41 Å². The van der Waals surface area contributed by atoms with Gasteiger partial charge in [0.2, 0.25) is 11.8 Å². The lowest BCUT2D eigenvalue weighted by molar-refractivity contribution is -0.140. The smallest absolute Gasteiger partial charge is 0.248 e. The highest BCUT2D eigenvalue weighted by molar-refractivity contribution is 5.98. The molecule has 0 atom stereocenters. The monoisotopic (exact) mass is 298 g/mol. The third-order valence-corrected chi connectivity index (χ3v) is 5.92. The molecule has 4 fully saturated rings. The van der Waals surface area contributed by atoms with Crippen LogP contribution in [0.2, 0.25) is 0 Å². The molecule has 3 N–H and O–H groups in total. The van der Waals surface area contributed by atoms with Gasteiger partial charge in [0.15, 0.2) is 0 Å². The number of carbonyl (C=O) groups is 2. The molecule has 1 aromatic rings. The maximum absolute atomic E-state index is 12.9. The van der Waals surface area contributed by atoms with E-state index < -0.39 is 5.91 Å². The molecule has 0 unspecified atom stereocenters. The summed E-state index contributed by atoms with van der Waals surface area (Å²) in [6.45, 7) is 0. The van der Waals surface area contributed by atoms with Crippen molar-refractivity contribution in [3.63, 3.8) is 0 Å². The Labute approximate surface area is 130 Å². The molecule has 4 aliphatic carbocycles. The van der Waals surface area contributed by atoms with Gasteiger partial charge >= 0.3 is 0 Å². The van der Waals surface area contributed by atoms with E-state index in [-0.39, 0.29) is 11.3 Å². The predicted molar refractivity (Wildman–Crippen MR) is 84.2 cm³/mol. The number of rotatable bonds is 3. The number of carbonyl (C=O) groups excluding carboxylic acids is 2. The lowest BCUT2D eigenvalue weighted by atomic mass is 9.49. The molecular formula is C18H22N2O2. The van der Waals surface area contributed by atoms with E-state index in [1.807, 2.05) is 6.07 Å². The summed E-state index contributed by atoms with van der Waals surface area (Å²) in [5.74, 6) is 1.91. The molecule has 0 spiro atoms. The van der Waals surface area contributed by atoms with E-state index in [9.17, 15) is 9.59 Å². The Morgan fingerprint density at radius 3 is 2.18 bits per heavy atom. The highest BCUT2D eigenvalue weighted by atomic mass is 16.2. The van der Waals surface area contributed by atoms with Gasteiger partial charge in [0.1, 0.15) is 0 Å². The van der Waals surface area contributed by atoms with Gasteiger partial charge in [0, 0.05) is 11.3 Å². The third kappa shape index (κ3) is 2.21. The van der Waals surface area contributed by atoms with E-state index in [1.165, 1.54) is 19.3 Å². The maximum Gasteiger partial charge on any atom is 0.248 e. The van der Waals surface area contributed by atoms with Crippen LogP contribution in [0.15, 0.2) is 24.3 Å². The Balaban J connectivity index is 1.55. The van der Waals surface area contributed by atoms with E-state index in [1.54, 1.807) is 18.2 Å². The Morgan fingerprint density at radius 2 is 1.64 bits per heavy atom. The van der Waals surface area contributed by atoms with Gasteiger partial charge in [-0.1, -0.05) is 6.07 Å². The second-order valence-electron chi connectivity index (χ2n) is 7.60. The molecule has 5 rings (SSSR count). The fourth-order valence-corrected chi connectivity index (χ4v) is 5.40. The van der Waals surface area contributed by atoms with Crippen molar-refractivity contribution in [1.29, 1.82) is 0 Å². The van der Waals surface area contributed by atoms with Crippen LogP contribution in [-0.4, -0.2) is 11.8 Å². The molecule has 0 aromatic heterocycles. The van der Waals surface area contributed by atoms with Crippen LogP contribution in [0.3, 0.4) is 0 Å². The van der Waals surface area contributed by atoms with E-state index in [2.05, 4.69) is 5.32 Å². The minimum atomic E-state index is -0.467. The second kappa shape index (κ2) is 4.83. The molecule has 4 bridgehead atoms. The normalized spacial score (nSPS) is 35.4. The number of benzene rings is 1. The molecule has 0 radical (unpaired) electrons. The summed E-state index contributed by atoms with van der Waals surface area (Å²) in [5.41, 5.74) is 6.25. The molecule has 4 aliphatic rings. The minimum Gasteiger partial charge on any atom is -0.366 e. The van der Waals surface area contributed by atoms with E-state index in [0.29, 0.717) is 11.3 Å². The Hall–Kier alpha value is -1.84. The average Bonchev–Trinajstić information content (AvgIpc) is 2.46. The quantitative estimate of drug-likeness (QED) is 0.900. The van der Waals surface area contributed by atoms with E-state index in [0.717, 1.165) is 37.0 Å². The van der Waals surface area contributed by atoms with E-state index >= 15 is 0 Å². The van der Waals surface area contributed by atoms with Crippen LogP contribution in [-0.2, 0) is 4.79 Å². The number of nitrogens with one attached hydrogen (secondary N) is 1. The summed E-state index contributed by atoms with van der Waals surface area (Å²) in [4.78, 5) is 24.2. The molecule has 0 saturated heterocycles. The summed E-state index contributed by atoms with van der Waals surface area (Å²) >= 11 is 0. The maximum atomic E-state index is 12.9. The zero-order valence-electron chi connectivity index (χ0n) is 12.7. The van der Waals surface area contributed by atoms with Gasteiger partial charge in [-0.3, -0.25) is 9.59 Å². The van der Waals surface area contributed by atoms with Crippen molar-refractivity contribution >= 4 is 17.5 Å². The van der Waals surface area contributed by atoms with Crippen molar-refractivity contribution in [2.45, 2.75) is 38.5 Å². The van der Waals surface area contributed by atoms with Crippen LogP contribution in [0.5, 0.6) is 0 Å². The van der Waals surface area contributed by atoms with Gasteiger partial charge in [-0.05, 0) is 74.5 Å². The van der Waals surface area contributed by atoms with Gasteiger partial charge < -0.3 is 11.1 Å². The summed E-state index contributed by atoms with van der Waals surface area (Å²) in [6, 6.07) is 6.92. The van der Waals surface area contributed by atoms with Crippen molar-refractivity contribution < 1.29 is 9.59 Å². The number of anilines is 1. The zero-order valence-corrected chi connectivity index (χ0v) is 12.7. The van der Waals surface area contributed by atoms with Crippen molar-refractivity contribution in [3.05, 3.63) is 29.8 Å². The molecule has 4 nitrogen and oxygen atoms in total. The second-order valence-corrected chi connectivity index (χ2v) is 7.60. The largest absolute Gasteiger partial charge is 0.366 e. The summed E-state index contributed by atoms with van der Waals surface area (Å²) in [7, 11) is 0. The van der Waals surface area contributed by atoms with Crippen LogP contribution in [0, 0.1) is 23.2 Å². The number of amides is 2. The van der Waals surface area contributed by atoms with Crippen molar-refractivity contribution in [2.75, 3.05) is 5.32 Å². The summed E-state index contributed by atoms with van der Waals surface area (Å²) in [6.07, 6.45) is 7.10. The lowest BCUT2D eigenvalue weighted by Crippen LogP contribution is -2.51. The fourth-order valence-electron chi connectivity index (χ4n) is 5.40. The van der Waals surface area contributed by atoms with Crippen molar-refractivity contribution in [2.24, 2.45) is 28.9 Å². The van der Waals surface area contributed by atoms with Gasteiger partial charge in [-0.25, -0.2) is 0 Å². The standard InChI is InChI=1S/C18H22N2O2/c19-16(21)14-2-1-3-15(7-14)20-17(22)18-8-11-4-12(9-18)6-13(5-11)10-18/h1-3,7,11-13H,4-6,8-10H2,(H2,19,21)(H,20,22). The molecule has 0 heterocycles. The molecule has 116 valence electrons. The Morgan fingerprint density at radius 1 is 1.05 bits per heavy atom. The topological polar surface area (TPSA) is 72.2 Å². The molecule has 0 aliphatic heterocycles. The zero-order chi connectivity index (χ0) is 15.3. The van der Waals surface area contributed by atoms with Crippen LogP contribution in [0.4, 0.5) is 5.69 Å². The van der Waals surface area contributed by atoms with Gasteiger partial charge in [0.25, 0.3) is 0 Å². The summed E-state index contributed by atoms with van der Waals surface area (Å²) in [5, 5.41) is 3.05. The first-order valence-electron chi connectivity index (χ1n) is 8.25. The Kier molecular flexibility index (Phi) is 3.03. The van der Waals surface area contributed by atoms with Crippen LogP contribution in [0.1, 0.15) is 48.9 Å². The SMILES string of the molecule is NC(=O)c1cccc(NC(=O)C23CC4CC(CC(C4)C2)C3)c1. The van der Waals surface area contributed by atoms with Gasteiger partial charge in [-0.2, -0.15) is 0 Å². The van der Waals surface area contributed by atoms with Crippen LogP contribution in [0.25, 0.3) is 0 Å². The molecule has 4 saturated carbocycles. The van der Waals surface area contributed by atoms with Crippen LogP contribution < -0.4 is 11.1 Å². The predicted octanol–water partition coefficient (Wildman–Crippen LogP) is 2.94. The first-order valence-corrected chi connectivity index (χ1v) is 8.25. The number of primary amides is 1. The van der Waals surface area contributed by atoms with E-state index in [4.69, 9.17) is 5.73 Å². The molecule has 2 amide bonds. The highest BCUT2D eigenvalue weighted by Gasteiger charge is 2.54. The summed E-state index contributed by atoms with van der Waals surface area (Å²) < 4.78 is 0. The first kappa shape index (κ1) is 13.8. The first-order chi connectivity index (χ1) is 10.5. The molecule has 1 aromatic carbocycles. The number of nitrogens with two attached hydrogens (primary N) is 1. The van der Waals surface area contributed by atoms with Crippen LogP contribution >= 0.6 is 0 Å².